The molecule has 5 aromatic rings. The summed E-state index contributed by atoms with van der Waals surface area (Å²) in [5.41, 5.74) is 4.04. The van der Waals surface area contributed by atoms with Crippen LogP contribution in [-0.4, -0.2) is 93.6 Å². The van der Waals surface area contributed by atoms with Crippen molar-refractivity contribution < 1.29 is 48.9 Å². The quantitative estimate of drug-likeness (QED) is 0.0654. The number of thiophene rings is 1. The molecule has 1 aromatic heterocycles. The number of carboxylic acids is 1. The van der Waals surface area contributed by atoms with Crippen LogP contribution in [0.3, 0.4) is 0 Å². The average Bonchev–Trinajstić information content (AvgIpc) is 3.85. The van der Waals surface area contributed by atoms with Crippen molar-refractivity contribution in [3.05, 3.63) is 148 Å². The fourth-order valence-corrected chi connectivity index (χ4v) is 7.90. The topological polar surface area (TPSA) is 252 Å². The van der Waals surface area contributed by atoms with Gasteiger partial charge in [0.1, 0.15) is 24.2 Å². The molecule has 7 rings (SSSR count). The van der Waals surface area contributed by atoms with Gasteiger partial charge in [0, 0.05) is 36.4 Å². The van der Waals surface area contributed by atoms with E-state index in [1.807, 2.05) is 72.8 Å². The number of carbonyl (C=O) groups is 7. The second kappa shape index (κ2) is 22.9. The zero-order valence-corrected chi connectivity index (χ0v) is 36.0. The van der Waals surface area contributed by atoms with Gasteiger partial charge < -0.3 is 47.2 Å². The monoisotopic (exact) mass is 902 g/mol. The van der Waals surface area contributed by atoms with Crippen molar-refractivity contribution in [1.29, 1.82) is 0 Å². The Bertz CT molecular complexity index is 2420. The van der Waals surface area contributed by atoms with Crippen LogP contribution in [-0.2, 0) is 52.8 Å². The Kier molecular flexibility index (Phi) is 16.7. The molecule has 6 atom stereocenters. The number of aliphatic hydroxyl groups is 2. The highest BCUT2D eigenvalue weighted by Gasteiger charge is 2.36. The molecule has 17 heteroatoms. The van der Waals surface area contributed by atoms with Gasteiger partial charge in [-0.25, -0.2) is 0 Å². The summed E-state index contributed by atoms with van der Waals surface area (Å²) >= 11 is 1.10. The van der Waals surface area contributed by atoms with Crippen molar-refractivity contribution in [2.75, 3.05) is 11.9 Å². The van der Waals surface area contributed by atoms with Crippen molar-refractivity contribution >= 4 is 58.4 Å². The van der Waals surface area contributed by atoms with Gasteiger partial charge >= 0.3 is 5.97 Å². The number of nitrogens with one attached hydrogen (secondary N) is 6. The van der Waals surface area contributed by atoms with Crippen molar-refractivity contribution in [2.45, 2.75) is 74.9 Å². The number of benzene rings is 4. The highest BCUT2D eigenvalue weighted by Crippen LogP contribution is 2.23. The lowest BCUT2D eigenvalue weighted by Crippen LogP contribution is -2.58. The normalized spacial score (nSPS) is 21.1. The second-order valence-corrected chi connectivity index (χ2v) is 16.5. The van der Waals surface area contributed by atoms with E-state index in [0.717, 1.165) is 28.0 Å². The molecular formula is C48H50N6O10S. The molecule has 2 bridgehead atoms. The van der Waals surface area contributed by atoms with E-state index >= 15 is 0 Å². The largest absolute Gasteiger partial charge is 0.481 e. The first kappa shape index (κ1) is 47.3. The Hall–Kier alpha value is -7.21. The number of fused-ring (bicyclic) bond motifs is 18. The molecule has 1 unspecified atom stereocenters. The van der Waals surface area contributed by atoms with Gasteiger partial charge in [-0.05, 0) is 70.7 Å². The number of aliphatic carboxylic acids is 1. The summed E-state index contributed by atoms with van der Waals surface area (Å²) in [6, 6.07) is 30.0. The lowest BCUT2D eigenvalue weighted by atomic mass is 9.99. The minimum atomic E-state index is -2.32. The Morgan fingerprint density at radius 3 is 1.92 bits per heavy atom. The molecule has 65 heavy (non-hydrogen) atoms. The molecule has 4 aromatic carbocycles. The number of hydrogen-bond donors (Lipinski definition) is 9. The first-order chi connectivity index (χ1) is 31.3. The van der Waals surface area contributed by atoms with Gasteiger partial charge in [-0.3, -0.25) is 33.6 Å². The summed E-state index contributed by atoms with van der Waals surface area (Å²) in [6.07, 6.45) is -4.42. The lowest BCUT2D eigenvalue weighted by molar-refractivity contribution is -0.145. The average molecular weight is 903 g/mol. The summed E-state index contributed by atoms with van der Waals surface area (Å²) in [7, 11) is 0. The smallest absolute Gasteiger partial charge is 0.303 e. The van der Waals surface area contributed by atoms with Crippen LogP contribution >= 0.6 is 11.3 Å². The standard InChI is InChI=1S/C48H50N6O10S/c55-39(56)14-7-25-49-43(59)36-27-31-17-22-34(23-18-31)50-47(63)41(57)42(58)48(64)54-40(38-13-8-26-65-38)46(62)53-37(28-30-15-20-33(21-16-30)32-11-5-2-6-12-32)45(61)51-35(44(60)52-36)24-19-29-9-3-1-4-10-29/h1-6,8-13,15-18,20-23,26,35-37,40-42,57-58H,7,14,19,24-25,27-28H2,(H,49,59)(H,50,63)(H,51,61)(H,52,60)(H,53,62)(H,54,64)(H,55,56)/t35-,36+,37+,40?,41-,42-/m1/s1. The van der Waals surface area contributed by atoms with Crippen LogP contribution in [0.25, 0.3) is 11.1 Å². The minimum Gasteiger partial charge on any atom is -0.481 e. The number of amides is 6. The van der Waals surface area contributed by atoms with Crippen LogP contribution < -0.4 is 31.9 Å². The molecule has 16 nitrogen and oxygen atoms in total. The number of aryl methyl sites for hydroxylation is 1. The van der Waals surface area contributed by atoms with E-state index in [9.17, 15) is 43.8 Å². The van der Waals surface area contributed by atoms with Crippen molar-refractivity contribution in [2.24, 2.45) is 0 Å². The van der Waals surface area contributed by atoms with E-state index in [1.54, 1.807) is 41.8 Å². The number of hydrogen-bond acceptors (Lipinski definition) is 10. The summed E-state index contributed by atoms with van der Waals surface area (Å²) in [5.74, 6) is -6.39. The fourth-order valence-electron chi connectivity index (χ4n) is 7.13. The van der Waals surface area contributed by atoms with Crippen molar-refractivity contribution in [3.63, 3.8) is 0 Å². The summed E-state index contributed by atoms with van der Waals surface area (Å²) in [6.45, 7) is 0.00234. The van der Waals surface area contributed by atoms with Crippen LogP contribution in [0.5, 0.6) is 0 Å². The van der Waals surface area contributed by atoms with Crippen molar-refractivity contribution in [1.82, 2.24) is 26.6 Å². The van der Waals surface area contributed by atoms with Crippen LogP contribution in [0.4, 0.5) is 5.69 Å². The maximum Gasteiger partial charge on any atom is 0.303 e. The number of carboxylic acid groups (broad SMARTS) is 1. The predicted octanol–water partition coefficient (Wildman–Crippen LogP) is 2.80. The molecule has 0 saturated carbocycles. The predicted molar refractivity (Wildman–Crippen MR) is 242 cm³/mol. The van der Waals surface area contributed by atoms with Gasteiger partial charge in [-0.15, -0.1) is 11.3 Å². The fraction of sp³-hybridized carbons (Fsp3) is 0.271. The van der Waals surface area contributed by atoms with E-state index in [1.165, 1.54) is 12.1 Å². The van der Waals surface area contributed by atoms with Gasteiger partial charge in [0.05, 0.1) is 0 Å². The molecule has 3 heterocycles. The molecular weight excluding hydrogens is 853 g/mol. The highest BCUT2D eigenvalue weighted by atomic mass is 32.1. The lowest BCUT2D eigenvalue weighted by Gasteiger charge is -2.27. The number of carbonyl (C=O) groups excluding carboxylic acids is 6. The molecule has 0 radical (unpaired) electrons. The SMILES string of the molecule is O=C(O)CCCNC(=O)[C@@H]1Cc2ccc(cc2)NC(=O)[C@H](O)[C@@H](O)C(=O)NC(c2cccs2)C(=O)N[C@@H](Cc2ccc(-c3ccccc3)cc2)C(=O)N[C@H](CCc2ccccc2)C(=O)N1. The third-order valence-electron chi connectivity index (χ3n) is 10.7. The summed E-state index contributed by atoms with van der Waals surface area (Å²) < 4.78 is 0. The van der Waals surface area contributed by atoms with Gasteiger partial charge in [-0.2, -0.15) is 0 Å². The molecule has 0 aliphatic carbocycles. The van der Waals surface area contributed by atoms with Crippen molar-refractivity contribution in [3.8, 4) is 11.1 Å². The van der Waals surface area contributed by atoms with E-state index in [2.05, 4.69) is 31.9 Å². The first-order valence-electron chi connectivity index (χ1n) is 21.0. The van der Waals surface area contributed by atoms with E-state index in [4.69, 9.17) is 5.11 Å². The number of aliphatic hydroxyl groups excluding tert-OH is 2. The molecule has 6 amide bonds. The van der Waals surface area contributed by atoms with Gasteiger partial charge in [0.2, 0.25) is 23.6 Å². The maximum atomic E-state index is 14.6. The summed E-state index contributed by atoms with van der Waals surface area (Å²) in [4.78, 5) is 95.0. The third-order valence-corrected chi connectivity index (χ3v) is 11.6. The molecule has 0 spiro atoms. The van der Waals surface area contributed by atoms with Crippen LogP contribution in [0, 0.1) is 0 Å². The van der Waals surface area contributed by atoms with Crippen LogP contribution in [0.2, 0.25) is 0 Å². The zero-order valence-electron chi connectivity index (χ0n) is 35.1. The Balaban J connectivity index is 1.37. The second-order valence-electron chi connectivity index (χ2n) is 15.5. The Morgan fingerprint density at radius 2 is 1.26 bits per heavy atom. The Morgan fingerprint density at radius 1 is 0.631 bits per heavy atom. The number of rotatable bonds is 12. The summed E-state index contributed by atoms with van der Waals surface area (Å²) in [5, 5.41) is 48.3. The van der Waals surface area contributed by atoms with Gasteiger partial charge in [-0.1, -0.05) is 103 Å². The van der Waals surface area contributed by atoms with E-state index < -0.39 is 77.8 Å². The van der Waals surface area contributed by atoms with Crippen LogP contribution in [0.15, 0.2) is 127 Å². The molecule has 9 N–H and O–H groups in total. The molecule has 0 saturated heterocycles. The molecule has 338 valence electrons. The third kappa shape index (κ3) is 13.6. The van der Waals surface area contributed by atoms with E-state index in [0.29, 0.717) is 22.4 Å². The molecule has 2 aliphatic heterocycles. The molecule has 0 fully saturated rings. The Labute approximate surface area is 378 Å². The van der Waals surface area contributed by atoms with Gasteiger partial charge in [0.15, 0.2) is 12.2 Å². The maximum absolute atomic E-state index is 14.6. The number of anilines is 1. The zero-order chi connectivity index (χ0) is 46.3. The molecule has 2 aliphatic rings. The van der Waals surface area contributed by atoms with Crippen LogP contribution in [0.1, 0.15) is 46.9 Å². The highest BCUT2D eigenvalue weighted by molar-refractivity contribution is 7.10. The first-order valence-corrected chi connectivity index (χ1v) is 21.9. The van der Waals surface area contributed by atoms with E-state index in [-0.39, 0.29) is 44.3 Å². The minimum absolute atomic E-state index is 0.00234. The van der Waals surface area contributed by atoms with Gasteiger partial charge in [0.25, 0.3) is 11.8 Å².